The predicted octanol–water partition coefficient (Wildman–Crippen LogP) is 14.6. The number of benzene rings is 8. The highest BCUT2D eigenvalue weighted by Gasteiger charge is 2.22. The van der Waals surface area contributed by atoms with Crippen LogP contribution in [-0.2, 0) is 0 Å². The second-order valence-corrected chi connectivity index (χ2v) is 14.1. The summed E-state index contributed by atoms with van der Waals surface area (Å²) in [5, 5.41) is 6.17. The summed E-state index contributed by atoms with van der Waals surface area (Å²) < 4.78 is 4.83. The van der Waals surface area contributed by atoms with E-state index in [4.69, 9.17) is 0 Å². The first kappa shape index (κ1) is 32.5. The van der Waals surface area contributed by atoms with Gasteiger partial charge in [0.1, 0.15) is 0 Å². The first-order valence-corrected chi connectivity index (χ1v) is 18.9. The Morgan fingerprint density at radius 3 is 1.69 bits per heavy atom. The molecule has 0 saturated heterocycles. The zero-order valence-corrected chi connectivity index (χ0v) is 30.7. The molecule has 0 bridgehead atoms. The Bertz CT molecular complexity index is 3060. The maximum atomic E-state index is 4.29. The number of hydrogen-bond acceptors (Lipinski definition) is 0. The summed E-state index contributed by atoms with van der Waals surface area (Å²) in [6.07, 6.45) is 6.33. The Morgan fingerprint density at radius 1 is 0.436 bits per heavy atom. The van der Waals surface area contributed by atoms with E-state index in [0.717, 1.165) is 22.6 Å². The number of fused-ring (bicyclic) bond motifs is 6. The molecule has 0 aliphatic carbocycles. The van der Waals surface area contributed by atoms with Gasteiger partial charge in [-0.3, -0.25) is 0 Å². The number of hydrogen-bond donors (Lipinski definition) is 0. The first-order chi connectivity index (χ1) is 27.2. The van der Waals surface area contributed by atoms with Crippen molar-refractivity contribution in [1.29, 1.82) is 0 Å². The van der Waals surface area contributed by atoms with Crippen molar-refractivity contribution >= 4 is 55.6 Å². The molecule has 10 rings (SSSR count). The standard InChI is InChI=1S/C53H38N2/c1-3-13-49-44(4-2)47-34-35-51-52(53(47)55(49)43-32-28-38(29-33-43)36-14-6-5-7-15-36)48-19-10-11-21-50(48)54(51)42-30-26-39(27-31-42)37-22-24-41(25-23-37)46-20-12-17-40-16-8-9-18-45(40)46/h3-35H,2H2,1H3/b13-3-. The Kier molecular flexibility index (Phi) is 7.89. The van der Waals surface area contributed by atoms with E-state index in [0.29, 0.717) is 0 Å². The van der Waals surface area contributed by atoms with Crippen molar-refractivity contribution < 1.29 is 0 Å². The van der Waals surface area contributed by atoms with Crippen LogP contribution in [-0.4, -0.2) is 9.13 Å². The number of para-hydroxylation sites is 1. The maximum Gasteiger partial charge on any atom is 0.0641 e. The highest BCUT2D eigenvalue weighted by molar-refractivity contribution is 6.22. The molecule has 2 heteroatoms. The lowest BCUT2D eigenvalue weighted by atomic mass is 9.96. The van der Waals surface area contributed by atoms with Crippen LogP contribution < -0.4 is 0 Å². The van der Waals surface area contributed by atoms with Crippen molar-refractivity contribution in [3.8, 4) is 44.8 Å². The van der Waals surface area contributed by atoms with Gasteiger partial charge >= 0.3 is 0 Å². The Labute approximate surface area is 321 Å². The van der Waals surface area contributed by atoms with Crippen molar-refractivity contribution in [2.75, 3.05) is 0 Å². The lowest BCUT2D eigenvalue weighted by Crippen LogP contribution is -1.98. The molecule has 0 aliphatic rings. The molecule has 8 aromatic carbocycles. The quantitative estimate of drug-likeness (QED) is 0.156. The summed E-state index contributed by atoms with van der Waals surface area (Å²) in [5.41, 5.74) is 15.3. The molecule has 0 N–H and O–H groups in total. The van der Waals surface area contributed by atoms with Gasteiger partial charge in [-0.15, -0.1) is 0 Å². The van der Waals surface area contributed by atoms with Crippen LogP contribution in [0.1, 0.15) is 18.2 Å². The van der Waals surface area contributed by atoms with Gasteiger partial charge in [0.05, 0.1) is 22.2 Å². The van der Waals surface area contributed by atoms with Gasteiger partial charge in [0.25, 0.3) is 0 Å². The van der Waals surface area contributed by atoms with Crippen LogP contribution >= 0.6 is 0 Å². The van der Waals surface area contributed by atoms with E-state index >= 15 is 0 Å². The molecule has 0 fully saturated rings. The van der Waals surface area contributed by atoms with Crippen molar-refractivity contribution in [2.24, 2.45) is 0 Å². The molecule has 0 spiro atoms. The largest absolute Gasteiger partial charge is 0.309 e. The fraction of sp³-hybridized carbons (Fsp3) is 0.0189. The van der Waals surface area contributed by atoms with E-state index < -0.39 is 0 Å². The minimum atomic E-state index is 1.12. The minimum Gasteiger partial charge on any atom is -0.309 e. The van der Waals surface area contributed by atoms with E-state index in [2.05, 4.69) is 217 Å². The summed E-state index contributed by atoms with van der Waals surface area (Å²) in [6.45, 7) is 6.37. The van der Waals surface area contributed by atoms with E-state index in [9.17, 15) is 0 Å². The average Bonchev–Trinajstić information content (AvgIpc) is 3.76. The lowest BCUT2D eigenvalue weighted by molar-refractivity contribution is 1.11. The molecule has 0 saturated carbocycles. The van der Waals surface area contributed by atoms with Gasteiger partial charge in [0, 0.05) is 33.1 Å². The van der Waals surface area contributed by atoms with E-state index in [-0.39, 0.29) is 0 Å². The molecule has 2 aromatic heterocycles. The second-order valence-electron chi connectivity index (χ2n) is 14.1. The maximum absolute atomic E-state index is 4.29. The van der Waals surface area contributed by atoms with Gasteiger partial charge in [-0.05, 0) is 93.6 Å². The molecule has 0 atom stereocenters. The van der Waals surface area contributed by atoms with Crippen molar-refractivity contribution in [2.45, 2.75) is 6.92 Å². The third-order valence-corrected chi connectivity index (χ3v) is 11.0. The van der Waals surface area contributed by atoms with E-state index in [1.54, 1.807) is 0 Å². The molecule has 10 aromatic rings. The summed E-state index contributed by atoms with van der Waals surface area (Å²) in [6, 6.07) is 66.0. The highest BCUT2D eigenvalue weighted by Crippen LogP contribution is 2.42. The van der Waals surface area contributed by atoms with Crippen LogP contribution in [0, 0.1) is 0 Å². The zero-order chi connectivity index (χ0) is 36.9. The summed E-state index contributed by atoms with van der Waals surface area (Å²) in [7, 11) is 0. The molecule has 260 valence electrons. The number of allylic oxidation sites excluding steroid dienone is 1. The fourth-order valence-corrected chi connectivity index (χ4v) is 8.51. The van der Waals surface area contributed by atoms with Crippen LogP contribution in [0.3, 0.4) is 0 Å². The van der Waals surface area contributed by atoms with Crippen LogP contribution in [0.4, 0.5) is 0 Å². The van der Waals surface area contributed by atoms with Gasteiger partial charge in [-0.1, -0.05) is 164 Å². The molecule has 0 amide bonds. The smallest absolute Gasteiger partial charge is 0.0641 e. The molecule has 0 radical (unpaired) electrons. The number of aromatic nitrogens is 2. The Balaban J connectivity index is 1.11. The summed E-state index contributed by atoms with van der Waals surface area (Å²) in [5.74, 6) is 0. The summed E-state index contributed by atoms with van der Waals surface area (Å²) in [4.78, 5) is 0. The van der Waals surface area contributed by atoms with Crippen LogP contribution in [0.5, 0.6) is 0 Å². The van der Waals surface area contributed by atoms with Crippen LogP contribution in [0.2, 0.25) is 0 Å². The number of nitrogens with zero attached hydrogens (tertiary/aromatic N) is 2. The fourth-order valence-electron chi connectivity index (χ4n) is 8.51. The minimum absolute atomic E-state index is 1.12. The van der Waals surface area contributed by atoms with Gasteiger partial charge in [0.15, 0.2) is 0 Å². The van der Waals surface area contributed by atoms with Gasteiger partial charge in [0.2, 0.25) is 0 Å². The van der Waals surface area contributed by atoms with Gasteiger partial charge in [-0.25, -0.2) is 0 Å². The lowest BCUT2D eigenvalue weighted by Gasteiger charge is -2.12. The van der Waals surface area contributed by atoms with E-state index in [1.165, 1.54) is 76.9 Å². The monoisotopic (exact) mass is 702 g/mol. The number of rotatable bonds is 7. The molecular weight excluding hydrogens is 665 g/mol. The first-order valence-electron chi connectivity index (χ1n) is 18.9. The SMILES string of the molecule is C=Cc1c(/C=C\C)n(-c2ccc(-c3ccccc3)cc2)c2c1ccc1c2c2ccccc2n1-c1ccc(-c2ccc(-c3cccc4ccccc34)cc2)cc1. The predicted molar refractivity (Wildman–Crippen MR) is 236 cm³/mol. The topological polar surface area (TPSA) is 9.86 Å². The van der Waals surface area contributed by atoms with E-state index in [1.807, 2.05) is 6.08 Å². The van der Waals surface area contributed by atoms with Crippen LogP contribution in [0.15, 0.2) is 195 Å². The zero-order valence-electron chi connectivity index (χ0n) is 30.7. The highest BCUT2D eigenvalue weighted by atomic mass is 15.0. The third-order valence-electron chi connectivity index (χ3n) is 11.0. The molecule has 2 heterocycles. The van der Waals surface area contributed by atoms with Gasteiger partial charge in [-0.2, -0.15) is 0 Å². The average molecular weight is 703 g/mol. The third kappa shape index (κ3) is 5.34. The van der Waals surface area contributed by atoms with Crippen molar-refractivity contribution in [3.05, 3.63) is 206 Å². The Hall–Kier alpha value is -7.16. The molecule has 0 aliphatic heterocycles. The molecule has 0 unspecified atom stereocenters. The molecule has 2 nitrogen and oxygen atoms in total. The molecule has 55 heavy (non-hydrogen) atoms. The van der Waals surface area contributed by atoms with Crippen LogP contribution in [0.25, 0.3) is 100 Å². The van der Waals surface area contributed by atoms with Crippen molar-refractivity contribution in [3.63, 3.8) is 0 Å². The Morgan fingerprint density at radius 2 is 1.00 bits per heavy atom. The summed E-state index contributed by atoms with van der Waals surface area (Å²) >= 11 is 0. The van der Waals surface area contributed by atoms with Crippen molar-refractivity contribution in [1.82, 2.24) is 9.13 Å². The normalized spacial score (nSPS) is 11.7. The molecular formula is C53H38N2. The second kappa shape index (κ2) is 13.4. The van der Waals surface area contributed by atoms with Gasteiger partial charge < -0.3 is 9.13 Å².